The molecule has 2 fully saturated rings. The van der Waals surface area contributed by atoms with E-state index in [0.717, 1.165) is 16.7 Å². The number of nitrogens with one attached hydrogen (secondary N) is 1. The van der Waals surface area contributed by atoms with E-state index in [4.69, 9.17) is 28.4 Å². The molecule has 220 valence electrons. The number of rotatable bonds is 11. The van der Waals surface area contributed by atoms with Crippen molar-refractivity contribution in [3.8, 4) is 0 Å². The van der Waals surface area contributed by atoms with Crippen LogP contribution in [0.25, 0.3) is 0 Å². The molecule has 0 spiro atoms. The van der Waals surface area contributed by atoms with Crippen molar-refractivity contribution in [3.63, 3.8) is 0 Å². The van der Waals surface area contributed by atoms with Crippen LogP contribution in [-0.2, 0) is 51.2 Å². The zero-order valence-corrected chi connectivity index (χ0v) is 23.4. The highest BCUT2D eigenvalue weighted by Gasteiger charge is 2.51. The Balaban J connectivity index is 1.33. The SMILES string of the molecule is C=C(CO[C@@H]1[C@H](NC(C)=O)[C@H](OCc2ccccc2)O[C@@H]2CO[C@H](c3ccccc3)O[C@@H]12)C(=O)OCc1ccccc1. The summed E-state index contributed by atoms with van der Waals surface area (Å²) >= 11 is 0. The monoisotopic (exact) mass is 573 g/mol. The highest BCUT2D eigenvalue weighted by Crippen LogP contribution is 2.36. The molecule has 9 heteroatoms. The lowest BCUT2D eigenvalue weighted by molar-refractivity contribution is -0.349. The van der Waals surface area contributed by atoms with Crippen LogP contribution in [-0.4, -0.2) is 55.7 Å². The van der Waals surface area contributed by atoms with Gasteiger partial charge in [-0.15, -0.1) is 0 Å². The van der Waals surface area contributed by atoms with Gasteiger partial charge in [0.15, 0.2) is 12.6 Å². The summed E-state index contributed by atoms with van der Waals surface area (Å²) in [7, 11) is 0. The molecule has 0 aromatic heterocycles. The van der Waals surface area contributed by atoms with Gasteiger partial charge in [0.05, 0.1) is 25.4 Å². The lowest BCUT2D eigenvalue weighted by Crippen LogP contribution is -2.67. The molecule has 2 heterocycles. The Labute approximate surface area is 245 Å². The standard InChI is InChI=1S/C33H35NO8/c1-22(31(36)38-19-24-12-6-3-7-13-24)18-37-30-28(34-23(2)35)33(39-20-25-14-8-4-9-15-25)41-27-21-40-32(42-29(27)30)26-16-10-5-11-17-26/h3-17,27-30,32-33H,1,18-21H2,2H3,(H,34,35)/t27-,28+,29-,30-,32+,33-/m1/s1. The van der Waals surface area contributed by atoms with E-state index in [1.807, 2.05) is 91.0 Å². The molecular weight excluding hydrogens is 538 g/mol. The van der Waals surface area contributed by atoms with E-state index in [0.29, 0.717) is 0 Å². The van der Waals surface area contributed by atoms with E-state index in [1.54, 1.807) is 0 Å². The van der Waals surface area contributed by atoms with Gasteiger partial charge in [0.25, 0.3) is 0 Å². The summed E-state index contributed by atoms with van der Waals surface area (Å²) in [6.45, 7) is 5.72. The van der Waals surface area contributed by atoms with Crippen molar-refractivity contribution in [2.45, 2.75) is 57.1 Å². The minimum atomic E-state index is -0.876. The number of hydrogen-bond acceptors (Lipinski definition) is 8. The first-order valence-corrected chi connectivity index (χ1v) is 13.9. The first kappa shape index (κ1) is 29.6. The van der Waals surface area contributed by atoms with E-state index in [1.165, 1.54) is 6.92 Å². The quantitative estimate of drug-likeness (QED) is 0.269. The topological polar surface area (TPSA) is 102 Å². The van der Waals surface area contributed by atoms with Crippen LogP contribution in [0.5, 0.6) is 0 Å². The van der Waals surface area contributed by atoms with E-state index in [2.05, 4.69) is 11.9 Å². The van der Waals surface area contributed by atoms with Gasteiger partial charge in [0.2, 0.25) is 5.91 Å². The zero-order chi connectivity index (χ0) is 29.3. The molecule has 2 aliphatic heterocycles. The summed E-state index contributed by atoms with van der Waals surface area (Å²) in [4.78, 5) is 25.1. The number of carbonyl (C=O) groups is 2. The van der Waals surface area contributed by atoms with E-state index in [-0.39, 0.29) is 37.9 Å². The van der Waals surface area contributed by atoms with Gasteiger partial charge < -0.3 is 33.7 Å². The van der Waals surface area contributed by atoms with Crippen LogP contribution in [0.2, 0.25) is 0 Å². The van der Waals surface area contributed by atoms with Crippen LogP contribution >= 0.6 is 0 Å². The number of carbonyl (C=O) groups excluding carboxylic acids is 2. The third kappa shape index (κ3) is 7.70. The molecule has 1 amide bonds. The first-order valence-electron chi connectivity index (χ1n) is 13.9. The molecule has 0 radical (unpaired) electrons. The van der Waals surface area contributed by atoms with Crippen molar-refractivity contribution in [3.05, 3.63) is 120 Å². The largest absolute Gasteiger partial charge is 0.457 e. The molecule has 2 aliphatic rings. The summed E-state index contributed by atoms with van der Waals surface area (Å²) in [6, 6.07) is 27.8. The van der Waals surface area contributed by atoms with Crippen LogP contribution in [0.3, 0.4) is 0 Å². The molecule has 1 N–H and O–H groups in total. The van der Waals surface area contributed by atoms with Gasteiger partial charge in [-0.25, -0.2) is 4.79 Å². The lowest BCUT2D eigenvalue weighted by Gasteiger charge is -2.49. The van der Waals surface area contributed by atoms with Crippen LogP contribution in [0, 0.1) is 0 Å². The minimum Gasteiger partial charge on any atom is -0.457 e. The number of hydrogen-bond donors (Lipinski definition) is 1. The average Bonchev–Trinajstić information content (AvgIpc) is 3.03. The number of benzene rings is 3. The van der Waals surface area contributed by atoms with E-state index in [9.17, 15) is 9.59 Å². The summed E-state index contributed by atoms with van der Waals surface area (Å²) in [6.07, 6.45) is -3.51. The second kappa shape index (κ2) is 14.4. The lowest BCUT2D eigenvalue weighted by atomic mass is 9.95. The molecule has 5 rings (SSSR count). The summed E-state index contributed by atoms with van der Waals surface area (Å²) in [5, 5.41) is 2.92. The number of ether oxygens (including phenoxy) is 6. The normalized spacial score (nSPS) is 25.2. The minimum absolute atomic E-state index is 0.115. The fraction of sp³-hybridized carbons (Fsp3) is 0.333. The third-order valence-electron chi connectivity index (χ3n) is 6.99. The molecular formula is C33H35NO8. The van der Waals surface area contributed by atoms with Crippen LogP contribution in [0.4, 0.5) is 0 Å². The Hall–Kier alpha value is -3.86. The Morgan fingerprint density at radius 2 is 1.48 bits per heavy atom. The maximum absolute atomic E-state index is 12.7. The Morgan fingerprint density at radius 3 is 2.12 bits per heavy atom. The fourth-order valence-corrected chi connectivity index (χ4v) is 4.91. The Kier molecular flexibility index (Phi) is 10.1. The van der Waals surface area contributed by atoms with Crippen molar-refractivity contribution in [2.24, 2.45) is 0 Å². The van der Waals surface area contributed by atoms with Gasteiger partial charge in [-0.3, -0.25) is 4.79 Å². The molecule has 0 bridgehead atoms. The van der Waals surface area contributed by atoms with Crippen molar-refractivity contribution in [1.82, 2.24) is 5.32 Å². The second-order valence-corrected chi connectivity index (χ2v) is 10.2. The summed E-state index contributed by atoms with van der Waals surface area (Å²) < 4.78 is 36.6. The molecule has 0 unspecified atom stereocenters. The smallest absolute Gasteiger partial charge is 0.336 e. The van der Waals surface area contributed by atoms with Gasteiger partial charge >= 0.3 is 5.97 Å². The van der Waals surface area contributed by atoms with Crippen LogP contribution < -0.4 is 5.32 Å². The van der Waals surface area contributed by atoms with Gasteiger partial charge in [-0.2, -0.15) is 0 Å². The highest BCUT2D eigenvalue weighted by atomic mass is 16.7. The van der Waals surface area contributed by atoms with Gasteiger partial charge in [-0.1, -0.05) is 97.6 Å². The maximum atomic E-state index is 12.7. The molecule has 2 saturated heterocycles. The van der Waals surface area contributed by atoms with Gasteiger partial charge in [0, 0.05) is 12.5 Å². The van der Waals surface area contributed by atoms with E-state index >= 15 is 0 Å². The predicted octanol–water partition coefficient (Wildman–Crippen LogP) is 4.23. The third-order valence-corrected chi connectivity index (χ3v) is 6.99. The van der Waals surface area contributed by atoms with Crippen LogP contribution in [0.15, 0.2) is 103 Å². The fourth-order valence-electron chi connectivity index (χ4n) is 4.91. The molecule has 9 nitrogen and oxygen atoms in total. The molecule has 42 heavy (non-hydrogen) atoms. The van der Waals surface area contributed by atoms with Crippen molar-refractivity contribution in [2.75, 3.05) is 13.2 Å². The average molecular weight is 574 g/mol. The number of amides is 1. The van der Waals surface area contributed by atoms with Crippen LogP contribution in [0.1, 0.15) is 29.9 Å². The second-order valence-electron chi connectivity index (χ2n) is 10.2. The zero-order valence-electron chi connectivity index (χ0n) is 23.4. The number of esters is 1. The van der Waals surface area contributed by atoms with Gasteiger partial charge in [0.1, 0.15) is 31.0 Å². The predicted molar refractivity (Wildman–Crippen MR) is 153 cm³/mol. The summed E-state index contributed by atoms with van der Waals surface area (Å²) in [5.41, 5.74) is 2.77. The highest BCUT2D eigenvalue weighted by molar-refractivity contribution is 5.87. The molecule has 3 aromatic carbocycles. The molecule has 0 saturated carbocycles. The van der Waals surface area contributed by atoms with Crippen molar-refractivity contribution in [1.29, 1.82) is 0 Å². The molecule has 0 aliphatic carbocycles. The maximum Gasteiger partial charge on any atom is 0.336 e. The molecule has 3 aromatic rings. The Bertz CT molecular complexity index is 1320. The summed E-state index contributed by atoms with van der Waals surface area (Å²) in [5.74, 6) is -0.873. The van der Waals surface area contributed by atoms with Gasteiger partial charge in [-0.05, 0) is 11.1 Å². The van der Waals surface area contributed by atoms with Crippen molar-refractivity contribution >= 4 is 11.9 Å². The molecule has 6 atom stereocenters. The number of fused-ring (bicyclic) bond motifs is 1. The van der Waals surface area contributed by atoms with Crippen molar-refractivity contribution < 1.29 is 38.0 Å². The van der Waals surface area contributed by atoms with E-state index < -0.39 is 42.9 Å². The Morgan fingerprint density at radius 1 is 0.857 bits per heavy atom. The first-order chi connectivity index (χ1) is 20.5.